The maximum Gasteiger partial charge on any atom is 0.257 e. The topological polar surface area (TPSA) is 42.0 Å². The summed E-state index contributed by atoms with van der Waals surface area (Å²) in [6.07, 6.45) is 1.42. The van der Waals surface area contributed by atoms with Crippen molar-refractivity contribution in [1.82, 2.24) is 10.3 Å². The van der Waals surface area contributed by atoms with Gasteiger partial charge in [0, 0.05) is 17.8 Å². The Labute approximate surface area is 126 Å². The van der Waals surface area contributed by atoms with E-state index in [2.05, 4.69) is 10.3 Å². The largest absolute Gasteiger partial charge is 0.351 e. The van der Waals surface area contributed by atoms with E-state index in [1.807, 2.05) is 13.8 Å². The number of nitrogens with zero attached hydrogens (tertiary/aromatic N) is 1. The molecule has 0 saturated carbocycles. The summed E-state index contributed by atoms with van der Waals surface area (Å²) in [5, 5.41) is 3.44. The van der Waals surface area contributed by atoms with E-state index < -0.39 is 23.1 Å². The van der Waals surface area contributed by atoms with Crippen LogP contribution in [0.2, 0.25) is 0 Å². The molecule has 1 aromatic carbocycles. The summed E-state index contributed by atoms with van der Waals surface area (Å²) >= 11 is 1.58. The standard InChI is InChI=1S/C15H16F2N2OS/c1-3-12-9(2)21-13(19-12)7-8-18-15(20)14-10(16)5-4-6-11(14)17/h4-6H,3,7-8H2,1-2H3,(H,18,20). The number of amides is 1. The van der Waals surface area contributed by atoms with Crippen molar-refractivity contribution in [3.8, 4) is 0 Å². The van der Waals surface area contributed by atoms with Crippen LogP contribution in [-0.2, 0) is 12.8 Å². The van der Waals surface area contributed by atoms with Crippen LogP contribution in [0.4, 0.5) is 8.78 Å². The van der Waals surface area contributed by atoms with Crippen LogP contribution in [0.1, 0.15) is 32.9 Å². The number of aryl methyl sites for hydroxylation is 2. The fourth-order valence-corrected chi connectivity index (χ4v) is 3.03. The summed E-state index contributed by atoms with van der Waals surface area (Å²) in [5.74, 6) is -2.45. The highest BCUT2D eigenvalue weighted by Gasteiger charge is 2.16. The van der Waals surface area contributed by atoms with Gasteiger partial charge in [-0.3, -0.25) is 4.79 Å². The molecular formula is C15H16F2N2OS. The fourth-order valence-electron chi connectivity index (χ4n) is 2.01. The molecule has 0 saturated heterocycles. The predicted octanol–water partition coefficient (Wildman–Crippen LogP) is 3.26. The molecule has 0 radical (unpaired) electrons. The number of nitrogens with one attached hydrogen (secondary N) is 1. The molecule has 0 aliphatic carbocycles. The Morgan fingerprint density at radius 1 is 1.33 bits per heavy atom. The third-order valence-electron chi connectivity index (χ3n) is 3.09. The highest BCUT2D eigenvalue weighted by molar-refractivity contribution is 7.11. The SMILES string of the molecule is CCc1nc(CCNC(=O)c2c(F)cccc2F)sc1C. The first-order valence-corrected chi connectivity index (χ1v) is 7.52. The van der Waals surface area contributed by atoms with Crippen molar-refractivity contribution in [2.24, 2.45) is 0 Å². The molecule has 0 aliphatic heterocycles. The molecule has 112 valence electrons. The Morgan fingerprint density at radius 2 is 2.00 bits per heavy atom. The Morgan fingerprint density at radius 3 is 2.57 bits per heavy atom. The molecular weight excluding hydrogens is 294 g/mol. The Balaban J connectivity index is 1.95. The highest BCUT2D eigenvalue weighted by atomic mass is 32.1. The zero-order chi connectivity index (χ0) is 15.4. The van der Waals surface area contributed by atoms with Gasteiger partial charge in [-0.25, -0.2) is 13.8 Å². The van der Waals surface area contributed by atoms with Crippen molar-refractivity contribution in [3.63, 3.8) is 0 Å². The lowest BCUT2D eigenvalue weighted by molar-refractivity contribution is 0.0945. The number of carbonyl (C=O) groups is 1. The minimum atomic E-state index is -0.856. The van der Waals surface area contributed by atoms with Gasteiger partial charge in [-0.2, -0.15) is 0 Å². The second-order valence-corrected chi connectivity index (χ2v) is 5.85. The maximum atomic E-state index is 13.4. The van der Waals surface area contributed by atoms with Crippen molar-refractivity contribution in [2.45, 2.75) is 26.7 Å². The molecule has 1 aromatic heterocycles. The number of rotatable bonds is 5. The first-order chi connectivity index (χ1) is 10.0. The number of halogens is 2. The first-order valence-electron chi connectivity index (χ1n) is 6.70. The van der Waals surface area contributed by atoms with Crippen LogP contribution in [0.3, 0.4) is 0 Å². The van der Waals surface area contributed by atoms with E-state index in [0.29, 0.717) is 13.0 Å². The van der Waals surface area contributed by atoms with E-state index in [-0.39, 0.29) is 0 Å². The first kappa shape index (κ1) is 15.6. The molecule has 1 N–H and O–H groups in total. The Kier molecular flexibility index (Phi) is 5.01. The van der Waals surface area contributed by atoms with Crippen molar-refractivity contribution in [2.75, 3.05) is 6.54 Å². The third kappa shape index (κ3) is 3.64. The summed E-state index contributed by atoms with van der Waals surface area (Å²) in [7, 11) is 0. The molecule has 1 amide bonds. The van der Waals surface area contributed by atoms with E-state index in [9.17, 15) is 13.6 Å². The molecule has 0 aliphatic rings. The van der Waals surface area contributed by atoms with Gasteiger partial charge in [0.05, 0.1) is 10.7 Å². The number of aromatic nitrogens is 1. The van der Waals surface area contributed by atoms with E-state index in [1.165, 1.54) is 10.9 Å². The molecule has 2 aromatic rings. The van der Waals surface area contributed by atoms with Crippen LogP contribution in [0, 0.1) is 18.6 Å². The van der Waals surface area contributed by atoms with Crippen molar-refractivity contribution < 1.29 is 13.6 Å². The average Bonchev–Trinajstić information content (AvgIpc) is 2.79. The number of carbonyl (C=O) groups excluding carboxylic acids is 1. The Bertz CT molecular complexity index is 635. The van der Waals surface area contributed by atoms with Crippen molar-refractivity contribution in [3.05, 3.63) is 51.0 Å². The highest BCUT2D eigenvalue weighted by Crippen LogP contribution is 2.18. The average molecular weight is 310 g/mol. The number of thiazole rings is 1. The van der Waals surface area contributed by atoms with Crippen LogP contribution in [0.15, 0.2) is 18.2 Å². The van der Waals surface area contributed by atoms with Crippen LogP contribution in [-0.4, -0.2) is 17.4 Å². The number of benzene rings is 1. The Hall–Kier alpha value is -1.82. The van der Waals surface area contributed by atoms with Gasteiger partial charge < -0.3 is 5.32 Å². The zero-order valence-corrected chi connectivity index (χ0v) is 12.7. The summed E-state index contributed by atoms with van der Waals surface area (Å²) in [4.78, 5) is 17.4. The molecule has 0 spiro atoms. The van der Waals surface area contributed by atoms with Gasteiger partial charge in [0.1, 0.15) is 17.2 Å². The summed E-state index contributed by atoms with van der Waals surface area (Å²) in [6.45, 7) is 4.34. The van der Waals surface area contributed by atoms with Gasteiger partial charge in [-0.15, -0.1) is 11.3 Å². The summed E-state index contributed by atoms with van der Waals surface area (Å²) in [6, 6.07) is 3.36. The van der Waals surface area contributed by atoms with E-state index in [4.69, 9.17) is 0 Å². The van der Waals surface area contributed by atoms with E-state index >= 15 is 0 Å². The van der Waals surface area contributed by atoms with Crippen molar-refractivity contribution in [1.29, 1.82) is 0 Å². The van der Waals surface area contributed by atoms with E-state index in [1.54, 1.807) is 11.3 Å². The summed E-state index contributed by atoms with van der Waals surface area (Å²) < 4.78 is 26.9. The predicted molar refractivity (Wildman–Crippen MR) is 78.6 cm³/mol. The quantitative estimate of drug-likeness (QED) is 0.921. The normalized spacial score (nSPS) is 10.7. The molecule has 3 nitrogen and oxygen atoms in total. The number of hydrogen-bond donors (Lipinski definition) is 1. The third-order valence-corrected chi connectivity index (χ3v) is 4.16. The van der Waals surface area contributed by atoms with Crippen LogP contribution >= 0.6 is 11.3 Å². The van der Waals surface area contributed by atoms with Gasteiger partial charge in [0.15, 0.2) is 0 Å². The van der Waals surface area contributed by atoms with Gasteiger partial charge in [0.25, 0.3) is 5.91 Å². The number of hydrogen-bond acceptors (Lipinski definition) is 3. The molecule has 6 heteroatoms. The molecule has 21 heavy (non-hydrogen) atoms. The van der Waals surface area contributed by atoms with Gasteiger partial charge >= 0.3 is 0 Å². The lowest BCUT2D eigenvalue weighted by atomic mass is 10.2. The molecule has 0 unspecified atom stereocenters. The van der Waals surface area contributed by atoms with Gasteiger partial charge in [-0.1, -0.05) is 13.0 Å². The lowest BCUT2D eigenvalue weighted by Crippen LogP contribution is -2.27. The van der Waals surface area contributed by atoms with Crippen LogP contribution < -0.4 is 5.32 Å². The monoisotopic (exact) mass is 310 g/mol. The minimum absolute atomic E-state index is 0.294. The van der Waals surface area contributed by atoms with Crippen LogP contribution in [0.5, 0.6) is 0 Å². The van der Waals surface area contributed by atoms with Gasteiger partial charge in [-0.05, 0) is 25.5 Å². The molecule has 0 bridgehead atoms. The lowest BCUT2D eigenvalue weighted by Gasteiger charge is -2.06. The molecule has 0 atom stereocenters. The minimum Gasteiger partial charge on any atom is -0.351 e. The fraction of sp³-hybridized carbons (Fsp3) is 0.333. The second-order valence-electron chi connectivity index (χ2n) is 4.57. The van der Waals surface area contributed by atoms with Crippen molar-refractivity contribution >= 4 is 17.2 Å². The summed E-state index contributed by atoms with van der Waals surface area (Å²) in [5.41, 5.74) is 0.517. The zero-order valence-electron chi connectivity index (χ0n) is 11.9. The van der Waals surface area contributed by atoms with Gasteiger partial charge in [0.2, 0.25) is 0 Å². The second kappa shape index (κ2) is 6.76. The van der Waals surface area contributed by atoms with E-state index in [0.717, 1.165) is 29.3 Å². The molecule has 1 heterocycles. The molecule has 2 rings (SSSR count). The maximum absolute atomic E-state index is 13.4. The molecule has 0 fully saturated rings. The van der Waals surface area contributed by atoms with Crippen LogP contribution in [0.25, 0.3) is 0 Å². The smallest absolute Gasteiger partial charge is 0.257 e.